The van der Waals surface area contributed by atoms with Gasteiger partial charge >= 0.3 is 0 Å². The predicted octanol–water partition coefficient (Wildman–Crippen LogP) is 1.89. The van der Waals surface area contributed by atoms with Gasteiger partial charge in [0.05, 0.1) is 5.57 Å². The maximum Gasteiger partial charge on any atom is 0.273 e. The van der Waals surface area contributed by atoms with Gasteiger partial charge in [0.15, 0.2) is 0 Å². The molecule has 0 fully saturated rings. The van der Waals surface area contributed by atoms with Gasteiger partial charge in [-0.2, -0.15) is 5.26 Å². The van der Waals surface area contributed by atoms with Crippen LogP contribution in [0.5, 0.6) is 0 Å². The first kappa shape index (κ1) is 10.8. The third-order valence-electron chi connectivity index (χ3n) is 2.72. The third kappa shape index (κ3) is 1.53. The molecule has 86 valence electrons. The van der Waals surface area contributed by atoms with Gasteiger partial charge in [-0.3, -0.25) is 9.69 Å². The zero-order chi connectivity index (χ0) is 12.5. The van der Waals surface area contributed by atoms with Crippen LogP contribution in [0, 0.1) is 11.3 Å². The van der Waals surface area contributed by atoms with Crippen LogP contribution in [0.3, 0.4) is 0 Å². The Hall–Kier alpha value is -2.38. The fraction of sp³-hybridized carbons (Fsp3) is 0. The molecule has 0 N–H and O–H groups in total. The number of allylic oxidation sites excluding steroid dienone is 2. The molecule has 1 amide bonds. The van der Waals surface area contributed by atoms with Crippen LogP contribution in [0.25, 0.3) is 0 Å². The van der Waals surface area contributed by atoms with E-state index in [0.717, 1.165) is 5.56 Å². The van der Waals surface area contributed by atoms with E-state index in [4.69, 9.17) is 5.26 Å². The summed E-state index contributed by atoms with van der Waals surface area (Å²) >= 11 is 0. The summed E-state index contributed by atoms with van der Waals surface area (Å²) in [7, 11) is 1.36. The third-order valence-corrected chi connectivity index (χ3v) is 3.94. The van der Waals surface area contributed by atoms with E-state index in [2.05, 4.69) is 6.07 Å². The first-order valence-electron chi connectivity index (χ1n) is 5.41. The SMILES string of the molecule is N#CC1=CC=CN2C(=O)C(c3ccccc3)=S=C12. The number of hydrogen-bond acceptors (Lipinski definition) is 2. The van der Waals surface area contributed by atoms with Gasteiger partial charge in [0.1, 0.15) is 15.9 Å². The first-order chi connectivity index (χ1) is 8.81. The van der Waals surface area contributed by atoms with Crippen LogP contribution in [0.4, 0.5) is 0 Å². The lowest BCUT2D eigenvalue weighted by Gasteiger charge is -2.17. The van der Waals surface area contributed by atoms with Gasteiger partial charge in [-0.05, 0) is 17.7 Å². The molecule has 1 aromatic rings. The van der Waals surface area contributed by atoms with Gasteiger partial charge in [-0.15, -0.1) is 10.9 Å². The monoisotopic (exact) mass is 252 g/mol. The highest BCUT2D eigenvalue weighted by Gasteiger charge is 2.30. The summed E-state index contributed by atoms with van der Waals surface area (Å²) in [5, 5.41) is 9.05. The Morgan fingerprint density at radius 1 is 1.22 bits per heavy atom. The van der Waals surface area contributed by atoms with Crippen LogP contribution in [0.1, 0.15) is 5.56 Å². The molecule has 0 atom stereocenters. The molecule has 0 saturated heterocycles. The Labute approximate surface area is 108 Å². The molecule has 0 radical (unpaired) electrons. The van der Waals surface area contributed by atoms with Crippen molar-refractivity contribution >= 4 is 26.7 Å². The second-order valence-electron chi connectivity index (χ2n) is 3.81. The standard InChI is InChI=1S/C14H8N2OS/c15-9-11-7-4-8-16-13(17)12(18-14(11)16)10-5-2-1-3-6-10/h1-8H. The minimum atomic E-state index is -0.0710. The first-order valence-corrected chi connectivity index (χ1v) is 6.22. The summed E-state index contributed by atoms with van der Waals surface area (Å²) in [6.45, 7) is 0. The molecule has 2 aliphatic heterocycles. The van der Waals surface area contributed by atoms with Gasteiger partial charge in [0.2, 0.25) is 0 Å². The lowest BCUT2D eigenvalue weighted by molar-refractivity contribution is -0.118. The van der Waals surface area contributed by atoms with Crippen molar-refractivity contribution in [1.82, 2.24) is 4.90 Å². The molecular formula is C14H8N2OS. The molecule has 3 nitrogen and oxygen atoms in total. The number of nitrogens with zero attached hydrogens (tertiary/aromatic N) is 2. The summed E-state index contributed by atoms with van der Waals surface area (Å²) in [5.74, 6) is -0.0710. The van der Waals surface area contributed by atoms with Crippen molar-refractivity contribution in [2.45, 2.75) is 0 Å². The smallest absolute Gasteiger partial charge is 0.273 e. The van der Waals surface area contributed by atoms with E-state index in [1.807, 2.05) is 30.3 Å². The molecular weight excluding hydrogens is 244 g/mol. The number of fused-ring (bicyclic) bond motifs is 1. The second-order valence-corrected chi connectivity index (χ2v) is 4.81. The molecule has 2 heterocycles. The number of hydrogen-bond donors (Lipinski definition) is 0. The Morgan fingerprint density at radius 2 is 2.00 bits per heavy atom. The number of rotatable bonds is 1. The number of benzene rings is 1. The van der Waals surface area contributed by atoms with Crippen molar-refractivity contribution in [2.24, 2.45) is 0 Å². The zero-order valence-corrected chi connectivity index (χ0v) is 10.1. The zero-order valence-electron chi connectivity index (χ0n) is 9.33. The van der Waals surface area contributed by atoms with E-state index in [1.165, 1.54) is 15.8 Å². The Kier molecular flexibility index (Phi) is 2.47. The largest absolute Gasteiger partial charge is 0.273 e. The van der Waals surface area contributed by atoms with Crippen LogP contribution in [0.2, 0.25) is 0 Å². The fourth-order valence-corrected chi connectivity index (χ4v) is 2.96. The number of amides is 1. The van der Waals surface area contributed by atoms with Crippen molar-refractivity contribution in [2.75, 3.05) is 0 Å². The molecule has 18 heavy (non-hydrogen) atoms. The molecule has 0 aromatic heterocycles. The van der Waals surface area contributed by atoms with Crippen molar-refractivity contribution < 1.29 is 4.79 Å². The van der Waals surface area contributed by atoms with Gasteiger partial charge in [-0.1, -0.05) is 30.3 Å². The highest BCUT2D eigenvalue weighted by molar-refractivity contribution is 8.01. The molecule has 0 unspecified atom stereocenters. The minimum Gasteiger partial charge on any atom is -0.273 e. The maximum absolute atomic E-state index is 12.3. The van der Waals surface area contributed by atoms with E-state index in [1.54, 1.807) is 18.4 Å². The number of carbonyl (C=O) groups is 1. The quantitative estimate of drug-likeness (QED) is 0.716. The molecule has 4 heteroatoms. The molecule has 1 aromatic carbocycles. The van der Waals surface area contributed by atoms with Crippen molar-refractivity contribution in [3.8, 4) is 6.07 Å². The van der Waals surface area contributed by atoms with Crippen molar-refractivity contribution in [1.29, 1.82) is 5.26 Å². The molecule has 0 saturated carbocycles. The van der Waals surface area contributed by atoms with Crippen LogP contribution in [-0.4, -0.2) is 20.7 Å². The van der Waals surface area contributed by atoms with E-state index in [9.17, 15) is 4.79 Å². The number of nitriles is 1. The Balaban J connectivity index is 2.16. The molecule has 3 rings (SSSR count). The summed E-state index contributed by atoms with van der Waals surface area (Å²) in [6.07, 6.45) is 5.13. The van der Waals surface area contributed by atoms with E-state index >= 15 is 0 Å². The topological polar surface area (TPSA) is 44.1 Å². The van der Waals surface area contributed by atoms with Crippen LogP contribution in [0.15, 0.2) is 54.3 Å². The minimum absolute atomic E-state index is 0.0710. The van der Waals surface area contributed by atoms with Crippen molar-refractivity contribution in [3.05, 3.63) is 59.8 Å². The van der Waals surface area contributed by atoms with Crippen LogP contribution in [-0.2, 0) is 4.79 Å². The highest BCUT2D eigenvalue weighted by atomic mass is 32.1. The van der Waals surface area contributed by atoms with Gasteiger partial charge < -0.3 is 0 Å². The average molecular weight is 252 g/mol. The van der Waals surface area contributed by atoms with Crippen LogP contribution < -0.4 is 0 Å². The summed E-state index contributed by atoms with van der Waals surface area (Å²) in [6, 6.07) is 11.6. The predicted molar refractivity (Wildman–Crippen MR) is 72.8 cm³/mol. The van der Waals surface area contributed by atoms with Crippen LogP contribution >= 0.6 is 10.9 Å². The van der Waals surface area contributed by atoms with E-state index in [0.29, 0.717) is 15.4 Å². The Morgan fingerprint density at radius 3 is 2.72 bits per heavy atom. The van der Waals surface area contributed by atoms with Gasteiger partial charge in [0.25, 0.3) is 5.91 Å². The maximum atomic E-state index is 12.3. The van der Waals surface area contributed by atoms with Crippen molar-refractivity contribution in [3.63, 3.8) is 0 Å². The summed E-state index contributed by atoms with van der Waals surface area (Å²) < 4.78 is 0. The van der Waals surface area contributed by atoms with Gasteiger partial charge in [0, 0.05) is 6.20 Å². The molecule has 0 bridgehead atoms. The molecule has 0 spiro atoms. The lowest BCUT2D eigenvalue weighted by atomic mass is 10.1. The number of carbonyl (C=O) groups excluding carboxylic acids is 1. The normalized spacial score (nSPS) is 17.2. The Bertz CT molecular complexity index is 701. The molecule has 0 aliphatic carbocycles. The highest BCUT2D eigenvalue weighted by Crippen LogP contribution is 2.21. The summed E-state index contributed by atoms with van der Waals surface area (Å²) in [5.41, 5.74) is 1.42. The average Bonchev–Trinajstić information content (AvgIpc) is 2.77. The lowest BCUT2D eigenvalue weighted by Crippen LogP contribution is -2.33. The van der Waals surface area contributed by atoms with Gasteiger partial charge in [-0.25, -0.2) is 0 Å². The van der Waals surface area contributed by atoms with E-state index < -0.39 is 0 Å². The molecule has 2 aliphatic rings. The fourth-order valence-electron chi connectivity index (χ4n) is 1.86. The van der Waals surface area contributed by atoms with E-state index in [-0.39, 0.29) is 5.91 Å². The summed E-state index contributed by atoms with van der Waals surface area (Å²) in [4.78, 5) is 15.2. The second kappa shape index (κ2) is 4.13.